The lowest BCUT2D eigenvalue weighted by Crippen LogP contribution is -2.11. The van der Waals surface area contributed by atoms with Crippen molar-refractivity contribution >= 4 is 0 Å². The zero-order chi connectivity index (χ0) is 8.97. The summed E-state index contributed by atoms with van der Waals surface area (Å²) < 4.78 is 2.14. The van der Waals surface area contributed by atoms with E-state index in [2.05, 4.69) is 16.7 Å². The van der Waals surface area contributed by atoms with E-state index >= 15 is 0 Å². The molecule has 68 valence electrons. The number of hydrogen-bond donors (Lipinski definition) is 0. The van der Waals surface area contributed by atoms with Gasteiger partial charge in [-0.2, -0.15) is 5.10 Å². The van der Waals surface area contributed by atoms with E-state index in [1.807, 2.05) is 20.0 Å². The van der Waals surface area contributed by atoms with Gasteiger partial charge in [0, 0.05) is 12.2 Å². The summed E-state index contributed by atoms with van der Waals surface area (Å²) in [5.41, 5.74) is 2.81. The van der Waals surface area contributed by atoms with Crippen LogP contribution in [0.3, 0.4) is 0 Å². The highest BCUT2D eigenvalue weighted by molar-refractivity contribution is 5.16. The Balaban J connectivity index is 0.000000336. The summed E-state index contributed by atoms with van der Waals surface area (Å²) in [6.07, 6.45) is 5.84. The van der Waals surface area contributed by atoms with Gasteiger partial charge in [-0.15, -0.1) is 0 Å². The fourth-order valence-corrected chi connectivity index (χ4v) is 1.58. The van der Waals surface area contributed by atoms with Crippen molar-refractivity contribution in [1.82, 2.24) is 9.78 Å². The summed E-state index contributed by atoms with van der Waals surface area (Å²) in [5.74, 6) is 0. The summed E-state index contributed by atoms with van der Waals surface area (Å²) in [5, 5.41) is 4.27. The molecule has 0 atom stereocenters. The summed E-state index contributed by atoms with van der Waals surface area (Å²) in [7, 11) is 0. The minimum absolute atomic E-state index is 1.13. The van der Waals surface area contributed by atoms with E-state index in [0.29, 0.717) is 0 Å². The SMILES string of the molecule is CC.Cc1cnn2c1CCCC2. The fraction of sp³-hybridized carbons (Fsp3) is 0.700. The number of nitrogens with zero attached hydrogens (tertiary/aromatic N) is 2. The zero-order valence-electron chi connectivity index (χ0n) is 8.30. The standard InChI is InChI=1S/C8H12N2.C2H6/c1-7-6-9-10-5-3-2-4-8(7)10;1-2/h6H,2-5H2,1H3;1-2H3. The van der Waals surface area contributed by atoms with Crippen LogP contribution in [0.5, 0.6) is 0 Å². The van der Waals surface area contributed by atoms with Gasteiger partial charge in [-0.3, -0.25) is 4.68 Å². The van der Waals surface area contributed by atoms with Crippen LogP contribution in [0, 0.1) is 6.92 Å². The lowest BCUT2D eigenvalue weighted by molar-refractivity contribution is 0.485. The molecule has 0 bridgehead atoms. The molecule has 0 unspecified atom stereocenters. The van der Waals surface area contributed by atoms with E-state index in [9.17, 15) is 0 Å². The van der Waals surface area contributed by atoms with Gasteiger partial charge < -0.3 is 0 Å². The lowest BCUT2D eigenvalue weighted by Gasteiger charge is -2.13. The van der Waals surface area contributed by atoms with Gasteiger partial charge in [0.25, 0.3) is 0 Å². The van der Waals surface area contributed by atoms with Gasteiger partial charge >= 0.3 is 0 Å². The summed E-state index contributed by atoms with van der Waals surface area (Å²) in [6, 6.07) is 0. The van der Waals surface area contributed by atoms with Crippen LogP contribution in [-0.4, -0.2) is 9.78 Å². The van der Waals surface area contributed by atoms with Crippen molar-refractivity contribution in [2.75, 3.05) is 0 Å². The fourth-order valence-electron chi connectivity index (χ4n) is 1.58. The first-order valence-corrected chi connectivity index (χ1v) is 4.89. The molecule has 0 fully saturated rings. The molecule has 0 spiro atoms. The van der Waals surface area contributed by atoms with Crippen molar-refractivity contribution in [3.63, 3.8) is 0 Å². The normalized spacial score (nSPS) is 14.6. The summed E-state index contributed by atoms with van der Waals surface area (Å²) in [6.45, 7) is 7.27. The van der Waals surface area contributed by atoms with E-state index < -0.39 is 0 Å². The largest absolute Gasteiger partial charge is 0.269 e. The number of aromatic nitrogens is 2. The average molecular weight is 166 g/mol. The highest BCUT2D eigenvalue weighted by Crippen LogP contribution is 2.16. The Hall–Kier alpha value is -0.790. The van der Waals surface area contributed by atoms with Crippen LogP contribution in [0.4, 0.5) is 0 Å². The summed E-state index contributed by atoms with van der Waals surface area (Å²) >= 11 is 0. The van der Waals surface area contributed by atoms with Crippen molar-refractivity contribution in [3.05, 3.63) is 17.5 Å². The van der Waals surface area contributed by atoms with E-state index in [1.54, 1.807) is 0 Å². The molecule has 2 heteroatoms. The van der Waals surface area contributed by atoms with Crippen LogP contribution in [0.2, 0.25) is 0 Å². The van der Waals surface area contributed by atoms with Crippen molar-refractivity contribution in [3.8, 4) is 0 Å². The predicted octanol–water partition coefficient (Wildman–Crippen LogP) is 2.55. The molecule has 2 rings (SSSR count). The van der Waals surface area contributed by atoms with Crippen LogP contribution in [-0.2, 0) is 13.0 Å². The number of aryl methyl sites for hydroxylation is 2. The Morgan fingerprint density at radius 2 is 2.08 bits per heavy atom. The number of rotatable bonds is 0. The van der Waals surface area contributed by atoms with Gasteiger partial charge in [-0.25, -0.2) is 0 Å². The van der Waals surface area contributed by atoms with Crippen LogP contribution >= 0.6 is 0 Å². The van der Waals surface area contributed by atoms with E-state index in [4.69, 9.17) is 0 Å². The average Bonchev–Trinajstić information content (AvgIpc) is 2.53. The molecule has 0 saturated heterocycles. The molecular formula is C10H18N2. The van der Waals surface area contributed by atoms with Gasteiger partial charge in [-0.05, 0) is 31.7 Å². The van der Waals surface area contributed by atoms with Gasteiger partial charge in [0.2, 0.25) is 0 Å². The van der Waals surface area contributed by atoms with Gasteiger partial charge in [0.05, 0.1) is 6.20 Å². The Labute approximate surface area is 74.6 Å². The number of hydrogen-bond acceptors (Lipinski definition) is 1. The van der Waals surface area contributed by atoms with Crippen LogP contribution < -0.4 is 0 Å². The second kappa shape index (κ2) is 4.29. The minimum Gasteiger partial charge on any atom is -0.269 e. The van der Waals surface area contributed by atoms with Gasteiger partial charge in [-0.1, -0.05) is 13.8 Å². The molecule has 1 aromatic heterocycles. The second-order valence-corrected chi connectivity index (χ2v) is 2.95. The molecule has 0 amide bonds. The third-order valence-electron chi connectivity index (χ3n) is 2.19. The maximum atomic E-state index is 4.27. The molecule has 1 aliphatic heterocycles. The van der Waals surface area contributed by atoms with Gasteiger partial charge in [0.15, 0.2) is 0 Å². The quantitative estimate of drug-likeness (QED) is 0.579. The smallest absolute Gasteiger partial charge is 0.0521 e. The van der Waals surface area contributed by atoms with Crippen molar-refractivity contribution in [1.29, 1.82) is 0 Å². The molecule has 0 aliphatic carbocycles. The molecule has 0 aromatic carbocycles. The van der Waals surface area contributed by atoms with Crippen LogP contribution in [0.25, 0.3) is 0 Å². The van der Waals surface area contributed by atoms with Crippen molar-refractivity contribution in [2.24, 2.45) is 0 Å². The third kappa shape index (κ3) is 1.68. The Bertz CT molecular complexity index is 238. The Kier molecular flexibility index (Phi) is 3.32. The predicted molar refractivity (Wildman–Crippen MR) is 51.3 cm³/mol. The Morgan fingerprint density at radius 1 is 1.33 bits per heavy atom. The first-order chi connectivity index (χ1) is 5.88. The van der Waals surface area contributed by atoms with Crippen molar-refractivity contribution in [2.45, 2.75) is 46.6 Å². The summed E-state index contributed by atoms with van der Waals surface area (Å²) in [4.78, 5) is 0. The molecule has 0 radical (unpaired) electrons. The number of fused-ring (bicyclic) bond motifs is 1. The topological polar surface area (TPSA) is 17.8 Å². The highest BCUT2D eigenvalue weighted by atomic mass is 15.3. The minimum atomic E-state index is 1.13. The third-order valence-corrected chi connectivity index (χ3v) is 2.19. The first-order valence-electron chi connectivity index (χ1n) is 4.89. The molecule has 12 heavy (non-hydrogen) atoms. The van der Waals surface area contributed by atoms with E-state index in [0.717, 1.165) is 6.54 Å². The molecular weight excluding hydrogens is 148 g/mol. The second-order valence-electron chi connectivity index (χ2n) is 2.95. The molecule has 1 aromatic rings. The zero-order valence-corrected chi connectivity index (χ0v) is 8.30. The molecule has 0 saturated carbocycles. The van der Waals surface area contributed by atoms with Gasteiger partial charge in [0.1, 0.15) is 0 Å². The first kappa shape index (κ1) is 9.30. The molecule has 2 nitrogen and oxygen atoms in total. The highest BCUT2D eigenvalue weighted by Gasteiger charge is 2.10. The van der Waals surface area contributed by atoms with Crippen molar-refractivity contribution < 1.29 is 0 Å². The van der Waals surface area contributed by atoms with Crippen LogP contribution in [0.15, 0.2) is 6.20 Å². The maximum absolute atomic E-state index is 4.27. The lowest BCUT2D eigenvalue weighted by atomic mass is 10.1. The monoisotopic (exact) mass is 166 g/mol. The van der Waals surface area contributed by atoms with E-state index in [-0.39, 0.29) is 0 Å². The Morgan fingerprint density at radius 3 is 2.75 bits per heavy atom. The maximum Gasteiger partial charge on any atom is 0.0521 e. The molecule has 0 N–H and O–H groups in total. The van der Waals surface area contributed by atoms with E-state index in [1.165, 1.54) is 30.5 Å². The molecule has 1 aliphatic rings. The molecule has 2 heterocycles. The van der Waals surface area contributed by atoms with Crippen LogP contribution in [0.1, 0.15) is 37.9 Å².